The van der Waals surface area contributed by atoms with Gasteiger partial charge in [-0.2, -0.15) is 0 Å². The molecule has 0 fully saturated rings. The average molecular weight is 219 g/mol. The smallest absolute Gasteiger partial charge is 0.118 e. The summed E-state index contributed by atoms with van der Waals surface area (Å²) < 4.78 is 5.13. The van der Waals surface area contributed by atoms with Crippen molar-refractivity contribution in [1.29, 1.82) is 0 Å². The Kier molecular flexibility index (Phi) is 5.65. The summed E-state index contributed by atoms with van der Waals surface area (Å²) >= 11 is 0. The Morgan fingerprint density at radius 2 is 2.06 bits per heavy atom. The third-order valence-corrected chi connectivity index (χ3v) is 2.54. The van der Waals surface area contributed by atoms with E-state index in [0.717, 1.165) is 25.1 Å². The van der Waals surface area contributed by atoms with Crippen molar-refractivity contribution in [2.24, 2.45) is 0 Å². The molecule has 2 heteroatoms. The first-order valence-corrected chi connectivity index (χ1v) is 5.73. The van der Waals surface area contributed by atoms with Crippen molar-refractivity contribution in [3.05, 3.63) is 42.5 Å². The Balaban J connectivity index is 2.37. The highest BCUT2D eigenvalue weighted by Gasteiger charge is 2.02. The van der Waals surface area contributed by atoms with E-state index in [1.807, 2.05) is 18.2 Å². The number of rotatable bonds is 7. The van der Waals surface area contributed by atoms with Crippen molar-refractivity contribution >= 4 is 0 Å². The molecule has 0 heterocycles. The molecule has 1 unspecified atom stereocenters. The molecule has 88 valence electrons. The molecule has 0 amide bonds. The van der Waals surface area contributed by atoms with Crippen LogP contribution in [0.4, 0.5) is 0 Å². The van der Waals surface area contributed by atoms with E-state index in [2.05, 4.69) is 31.0 Å². The van der Waals surface area contributed by atoms with Crippen LogP contribution in [-0.4, -0.2) is 19.7 Å². The lowest BCUT2D eigenvalue weighted by molar-refractivity contribution is 0.414. The fourth-order valence-corrected chi connectivity index (χ4v) is 1.62. The molecule has 1 aromatic carbocycles. The molecule has 16 heavy (non-hydrogen) atoms. The monoisotopic (exact) mass is 219 g/mol. The minimum Gasteiger partial charge on any atom is -0.497 e. The molecule has 0 bridgehead atoms. The third-order valence-electron chi connectivity index (χ3n) is 2.54. The summed E-state index contributed by atoms with van der Waals surface area (Å²) in [4.78, 5) is 0. The topological polar surface area (TPSA) is 21.3 Å². The lowest BCUT2D eigenvalue weighted by atomic mass is 10.1. The Bertz CT molecular complexity index is 305. The van der Waals surface area contributed by atoms with Crippen molar-refractivity contribution in [1.82, 2.24) is 5.32 Å². The fraction of sp³-hybridized carbons (Fsp3) is 0.429. The Hall–Kier alpha value is -1.28. The second-order valence-corrected chi connectivity index (χ2v) is 3.98. The van der Waals surface area contributed by atoms with Crippen LogP contribution in [0.25, 0.3) is 0 Å². The molecule has 0 saturated carbocycles. The van der Waals surface area contributed by atoms with Crippen molar-refractivity contribution < 1.29 is 4.74 Å². The van der Waals surface area contributed by atoms with E-state index in [9.17, 15) is 0 Å². The molecule has 0 aliphatic heterocycles. The molecule has 1 rings (SSSR count). The van der Waals surface area contributed by atoms with E-state index in [-0.39, 0.29) is 0 Å². The molecule has 1 atom stereocenters. The van der Waals surface area contributed by atoms with E-state index >= 15 is 0 Å². The minimum absolute atomic E-state index is 0.494. The van der Waals surface area contributed by atoms with Gasteiger partial charge >= 0.3 is 0 Å². The second-order valence-electron chi connectivity index (χ2n) is 3.98. The molecule has 0 saturated heterocycles. The Labute approximate surface area is 98.3 Å². The molecule has 0 aliphatic carbocycles. The summed E-state index contributed by atoms with van der Waals surface area (Å²) in [6, 6.07) is 8.74. The van der Waals surface area contributed by atoms with Crippen LogP contribution < -0.4 is 10.1 Å². The maximum absolute atomic E-state index is 5.13. The number of benzene rings is 1. The number of nitrogens with one attached hydrogen (secondary N) is 1. The van der Waals surface area contributed by atoms with Gasteiger partial charge in [-0.25, -0.2) is 0 Å². The summed E-state index contributed by atoms with van der Waals surface area (Å²) in [7, 11) is 1.69. The summed E-state index contributed by atoms with van der Waals surface area (Å²) in [5.74, 6) is 0.913. The van der Waals surface area contributed by atoms with Gasteiger partial charge in [-0.1, -0.05) is 18.2 Å². The van der Waals surface area contributed by atoms with Gasteiger partial charge in [-0.05, 0) is 44.0 Å². The maximum atomic E-state index is 5.13. The molecular weight excluding hydrogens is 198 g/mol. The van der Waals surface area contributed by atoms with Crippen molar-refractivity contribution in [2.45, 2.75) is 25.8 Å². The highest BCUT2D eigenvalue weighted by Crippen LogP contribution is 2.12. The van der Waals surface area contributed by atoms with E-state index in [1.165, 1.54) is 5.56 Å². The molecule has 1 N–H and O–H groups in total. The molecular formula is C14H21NO. The van der Waals surface area contributed by atoms with Gasteiger partial charge in [0, 0.05) is 6.04 Å². The van der Waals surface area contributed by atoms with Gasteiger partial charge in [0.05, 0.1) is 7.11 Å². The molecule has 0 aliphatic rings. The van der Waals surface area contributed by atoms with E-state index < -0.39 is 0 Å². The van der Waals surface area contributed by atoms with E-state index in [4.69, 9.17) is 4.74 Å². The van der Waals surface area contributed by atoms with Gasteiger partial charge in [-0.3, -0.25) is 0 Å². The van der Waals surface area contributed by atoms with Crippen LogP contribution in [0.15, 0.2) is 36.9 Å². The zero-order chi connectivity index (χ0) is 11.8. The largest absolute Gasteiger partial charge is 0.497 e. The molecule has 0 radical (unpaired) electrons. The zero-order valence-electron chi connectivity index (χ0n) is 10.2. The standard InChI is InChI=1S/C14H21NO/c1-4-5-10-15-12(2)11-13-6-8-14(16-3)9-7-13/h4,6-9,12,15H,1,5,10-11H2,2-3H3. The highest BCUT2D eigenvalue weighted by molar-refractivity contribution is 5.27. The van der Waals surface area contributed by atoms with Crippen molar-refractivity contribution in [3.63, 3.8) is 0 Å². The zero-order valence-corrected chi connectivity index (χ0v) is 10.2. The van der Waals surface area contributed by atoms with Crippen LogP contribution in [-0.2, 0) is 6.42 Å². The first-order chi connectivity index (χ1) is 7.76. The first kappa shape index (κ1) is 12.8. The van der Waals surface area contributed by atoms with E-state index in [1.54, 1.807) is 7.11 Å². The lowest BCUT2D eigenvalue weighted by Gasteiger charge is -2.13. The van der Waals surface area contributed by atoms with E-state index in [0.29, 0.717) is 6.04 Å². The average Bonchev–Trinajstić information content (AvgIpc) is 2.30. The normalized spacial score (nSPS) is 12.1. The van der Waals surface area contributed by atoms with Crippen LogP contribution >= 0.6 is 0 Å². The van der Waals surface area contributed by atoms with Crippen LogP contribution in [0.3, 0.4) is 0 Å². The SMILES string of the molecule is C=CCCNC(C)Cc1ccc(OC)cc1. The lowest BCUT2D eigenvalue weighted by Crippen LogP contribution is -2.28. The van der Waals surface area contributed by atoms with Crippen LogP contribution in [0.1, 0.15) is 18.9 Å². The van der Waals surface area contributed by atoms with Crippen LogP contribution in [0, 0.1) is 0 Å². The number of hydrogen-bond donors (Lipinski definition) is 1. The maximum Gasteiger partial charge on any atom is 0.118 e. The predicted octanol–water partition coefficient (Wildman–Crippen LogP) is 2.79. The molecule has 0 spiro atoms. The van der Waals surface area contributed by atoms with Gasteiger partial charge in [0.25, 0.3) is 0 Å². The first-order valence-electron chi connectivity index (χ1n) is 5.73. The minimum atomic E-state index is 0.494. The number of methoxy groups -OCH3 is 1. The molecule has 1 aromatic rings. The summed E-state index contributed by atoms with van der Waals surface area (Å²) in [5.41, 5.74) is 1.33. The molecule has 2 nitrogen and oxygen atoms in total. The second kappa shape index (κ2) is 7.07. The van der Waals surface area contributed by atoms with Crippen molar-refractivity contribution in [3.8, 4) is 5.75 Å². The van der Waals surface area contributed by atoms with Crippen molar-refractivity contribution in [2.75, 3.05) is 13.7 Å². The van der Waals surface area contributed by atoms with Gasteiger partial charge in [0.1, 0.15) is 5.75 Å². The van der Waals surface area contributed by atoms with Crippen LogP contribution in [0.5, 0.6) is 5.75 Å². The predicted molar refractivity (Wildman–Crippen MR) is 69.0 cm³/mol. The third kappa shape index (κ3) is 4.49. The summed E-state index contributed by atoms with van der Waals surface area (Å²) in [6.07, 6.45) is 4.00. The fourth-order valence-electron chi connectivity index (χ4n) is 1.62. The van der Waals surface area contributed by atoms with Gasteiger partial charge in [0.2, 0.25) is 0 Å². The summed E-state index contributed by atoms with van der Waals surface area (Å²) in [5, 5.41) is 3.46. The molecule has 0 aromatic heterocycles. The quantitative estimate of drug-likeness (QED) is 0.562. The highest BCUT2D eigenvalue weighted by atomic mass is 16.5. The summed E-state index contributed by atoms with van der Waals surface area (Å²) in [6.45, 7) is 6.91. The van der Waals surface area contributed by atoms with Crippen LogP contribution in [0.2, 0.25) is 0 Å². The Morgan fingerprint density at radius 3 is 2.62 bits per heavy atom. The van der Waals surface area contributed by atoms with Gasteiger partial charge in [0.15, 0.2) is 0 Å². The Morgan fingerprint density at radius 1 is 1.38 bits per heavy atom. The number of hydrogen-bond acceptors (Lipinski definition) is 2. The van der Waals surface area contributed by atoms with Gasteiger partial charge < -0.3 is 10.1 Å². The number of ether oxygens (including phenoxy) is 1. The van der Waals surface area contributed by atoms with Gasteiger partial charge in [-0.15, -0.1) is 6.58 Å².